The molecule has 0 saturated heterocycles. The number of nitrogens with two attached hydrogens (primary N) is 2. The maximum absolute atomic E-state index is 13.8. The molecule has 6 amide bonds. The minimum atomic E-state index is -2.34. The first kappa shape index (κ1) is 55.0. The first-order valence-electron chi connectivity index (χ1n) is 20.3. The second-order valence-corrected chi connectivity index (χ2v) is 13.2. The number of carbonyl (C=O) groups is 7. The second kappa shape index (κ2) is 29.3. The van der Waals surface area contributed by atoms with E-state index in [1.165, 1.54) is 18.7 Å². The Morgan fingerprint density at radius 2 is 1.30 bits per heavy atom. The van der Waals surface area contributed by atoms with Gasteiger partial charge in [0, 0.05) is 24.0 Å². The van der Waals surface area contributed by atoms with Gasteiger partial charge in [-0.15, -0.1) is 0 Å². The molecule has 1 aliphatic rings. The van der Waals surface area contributed by atoms with Crippen LogP contribution >= 0.6 is 0 Å². The largest absolute Gasteiger partial charge is 0.396 e. The molecule has 2 aromatic carbocycles. The number of anilines is 1. The number of aliphatic hydroxyl groups is 4. The van der Waals surface area contributed by atoms with Crippen molar-refractivity contribution in [3.05, 3.63) is 65.2 Å². The van der Waals surface area contributed by atoms with E-state index in [1.807, 2.05) is 27.7 Å². The summed E-state index contributed by atoms with van der Waals surface area (Å²) in [5, 5.41) is 50.3. The van der Waals surface area contributed by atoms with Crippen LogP contribution in [0.1, 0.15) is 71.1 Å². The van der Waals surface area contributed by atoms with Crippen molar-refractivity contribution in [3.63, 3.8) is 0 Å². The van der Waals surface area contributed by atoms with E-state index < -0.39 is 106 Å². The fraction of sp³-hybridized carbons (Fsp3) is 0.488. The van der Waals surface area contributed by atoms with E-state index >= 15 is 0 Å². The molecule has 63 heavy (non-hydrogen) atoms. The molecule has 22 nitrogen and oxygen atoms in total. The Bertz CT molecular complexity index is 1860. The SMILES string of the molecule is CC.CC.CC(=O)CNC(=O)CNC(=O)CNC(=O)CNC(=O)C(COC(OC(CO)C(C)O)C(O)O)NC(=O)CCC(=O)N1Cc2ccccc2/C(NN)=C(/N)c2ccccc21. The molecule has 350 valence electrons. The predicted molar refractivity (Wildman–Crippen MR) is 231 cm³/mol. The molecule has 0 fully saturated rings. The number of nitrogens with one attached hydrogen (secondary N) is 6. The third-order valence-corrected chi connectivity index (χ3v) is 8.58. The van der Waals surface area contributed by atoms with Gasteiger partial charge in [0.25, 0.3) is 0 Å². The van der Waals surface area contributed by atoms with Crippen molar-refractivity contribution >= 4 is 58.3 Å². The van der Waals surface area contributed by atoms with Crippen molar-refractivity contribution in [2.24, 2.45) is 11.6 Å². The van der Waals surface area contributed by atoms with Crippen LogP contribution in [0.4, 0.5) is 5.69 Å². The number of ether oxygens (including phenoxy) is 2. The number of carbonyl (C=O) groups excluding carboxylic acids is 7. The Balaban J connectivity index is 0.00000481. The number of amides is 6. The Kier molecular flexibility index (Phi) is 25.6. The summed E-state index contributed by atoms with van der Waals surface area (Å²) < 4.78 is 10.6. The molecule has 0 radical (unpaired) electrons. The lowest BCUT2D eigenvalue weighted by Crippen LogP contribution is -2.53. The quantitative estimate of drug-likeness (QED) is 0.0332. The van der Waals surface area contributed by atoms with E-state index in [-0.39, 0.29) is 31.0 Å². The van der Waals surface area contributed by atoms with Gasteiger partial charge in [0.15, 0.2) is 0 Å². The highest BCUT2D eigenvalue weighted by molar-refractivity contribution is 6.02. The molecule has 0 spiro atoms. The molecule has 3 rings (SSSR count). The standard InChI is InChI=1S/C37H51N9O13.2C2H6/c1-20(48)13-40-29(51)14-41-30(52)15-42-31(53)16-43-35(55)25(19-58-37(36(56)57)59-27(18-47)21(2)49)44-28(50)11-12-32(54)46-17-22-7-3-4-8-23(22)34(45-39)33(38)24-9-5-6-10-26(24)46;2*1-2/h3-10,21,25,27,36-37,45,47,49,56-57H,11-19,38-39H2,1-2H3,(H,40,51)(H,41,52)(H,42,53)(H,43,55)(H,44,50);2*1-2H3/b34-33-;;. The van der Waals surface area contributed by atoms with Gasteiger partial charge >= 0.3 is 0 Å². The van der Waals surface area contributed by atoms with E-state index in [0.717, 1.165) is 0 Å². The van der Waals surface area contributed by atoms with Gasteiger partial charge in [0.1, 0.15) is 17.9 Å². The first-order valence-corrected chi connectivity index (χ1v) is 20.3. The molecular formula is C41H63N9O13. The van der Waals surface area contributed by atoms with Gasteiger partial charge in [0.05, 0.1) is 69.1 Å². The van der Waals surface area contributed by atoms with Crippen molar-refractivity contribution in [2.75, 3.05) is 44.3 Å². The highest BCUT2D eigenvalue weighted by Gasteiger charge is 2.31. The number of hydrazine groups is 1. The Morgan fingerprint density at radius 1 is 0.762 bits per heavy atom. The van der Waals surface area contributed by atoms with Gasteiger partial charge in [-0.05, 0) is 25.5 Å². The average molecular weight is 890 g/mol. The van der Waals surface area contributed by atoms with Crippen LogP contribution in [0.15, 0.2) is 48.5 Å². The lowest BCUT2D eigenvalue weighted by Gasteiger charge is -2.30. The summed E-state index contributed by atoms with van der Waals surface area (Å²) in [6, 6.07) is 12.4. The van der Waals surface area contributed by atoms with Crippen LogP contribution in [0.5, 0.6) is 0 Å². The maximum Gasteiger partial charge on any atom is 0.245 e. The van der Waals surface area contributed by atoms with Crippen molar-refractivity contribution in [1.82, 2.24) is 32.0 Å². The smallest absolute Gasteiger partial charge is 0.245 e. The molecule has 2 aromatic rings. The summed E-state index contributed by atoms with van der Waals surface area (Å²) in [5.41, 5.74) is 12.2. The number of rotatable bonds is 22. The molecule has 14 N–H and O–H groups in total. The highest BCUT2D eigenvalue weighted by Crippen LogP contribution is 2.34. The third kappa shape index (κ3) is 18.5. The van der Waals surface area contributed by atoms with Crippen molar-refractivity contribution < 1.29 is 63.5 Å². The topological polar surface area (TPSA) is 346 Å². The van der Waals surface area contributed by atoms with Crippen LogP contribution in [0.2, 0.25) is 0 Å². The Morgan fingerprint density at radius 3 is 1.84 bits per heavy atom. The van der Waals surface area contributed by atoms with Crippen LogP contribution in [0.3, 0.4) is 0 Å². The predicted octanol–water partition coefficient (Wildman–Crippen LogP) is -2.44. The molecule has 0 saturated carbocycles. The zero-order chi connectivity index (χ0) is 47.6. The van der Waals surface area contributed by atoms with Gasteiger partial charge < -0.3 is 72.5 Å². The molecule has 22 heteroatoms. The summed E-state index contributed by atoms with van der Waals surface area (Å²) >= 11 is 0. The fourth-order valence-electron chi connectivity index (χ4n) is 5.48. The van der Waals surface area contributed by atoms with E-state index in [4.69, 9.17) is 21.1 Å². The number of para-hydroxylation sites is 1. The molecule has 1 aliphatic heterocycles. The first-order chi connectivity index (χ1) is 30.1. The van der Waals surface area contributed by atoms with E-state index in [0.29, 0.717) is 28.1 Å². The summed E-state index contributed by atoms with van der Waals surface area (Å²) in [6.07, 6.45) is -7.72. The molecule has 4 unspecified atom stereocenters. The number of hydrogen-bond donors (Lipinski definition) is 12. The van der Waals surface area contributed by atoms with Crippen LogP contribution in [-0.2, 0) is 49.6 Å². The summed E-state index contributed by atoms with van der Waals surface area (Å²) in [6.45, 7) is 7.05. The molecule has 0 bridgehead atoms. The number of hydrogen-bond acceptors (Lipinski definition) is 16. The zero-order valence-corrected chi connectivity index (χ0v) is 36.4. The molecule has 0 aliphatic carbocycles. The van der Waals surface area contributed by atoms with E-state index in [2.05, 4.69) is 32.0 Å². The van der Waals surface area contributed by atoms with Crippen molar-refractivity contribution in [1.29, 1.82) is 0 Å². The zero-order valence-electron chi connectivity index (χ0n) is 36.4. The second-order valence-electron chi connectivity index (χ2n) is 13.2. The van der Waals surface area contributed by atoms with Crippen molar-refractivity contribution in [2.45, 2.75) is 91.8 Å². The average Bonchev–Trinajstić information content (AvgIpc) is 3.27. The maximum atomic E-state index is 13.8. The van der Waals surface area contributed by atoms with Crippen LogP contribution in [0, 0.1) is 0 Å². The molecule has 1 heterocycles. The van der Waals surface area contributed by atoms with E-state index in [1.54, 1.807) is 48.5 Å². The number of aliphatic hydroxyl groups excluding tert-OH is 3. The van der Waals surface area contributed by atoms with Crippen LogP contribution in [0.25, 0.3) is 11.4 Å². The third-order valence-electron chi connectivity index (χ3n) is 8.58. The number of fused-ring (bicyclic) bond motifs is 2. The normalized spacial score (nSPS) is 14.7. The monoisotopic (exact) mass is 889 g/mol. The summed E-state index contributed by atoms with van der Waals surface area (Å²) in [7, 11) is 0. The van der Waals surface area contributed by atoms with Gasteiger partial charge in [0.2, 0.25) is 48.0 Å². The minimum Gasteiger partial charge on any atom is -0.396 e. The highest BCUT2D eigenvalue weighted by atomic mass is 16.7. The Labute approximate surface area is 366 Å². The van der Waals surface area contributed by atoms with Gasteiger partial charge in [-0.1, -0.05) is 70.2 Å². The lowest BCUT2D eigenvalue weighted by molar-refractivity contribution is -0.281. The molecular weight excluding hydrogens is 827 g/mol. The fourth-order valence-corrected chi connectivity index (χ4v) is 5.48. The summed E-state index contributed by atoms with van der Waals surface area (Å²) in [5.74, 6) is 0.958. The Hall–Kier alpha value is -6.01. The number of benzene rings is 2. The lowest BCUT2D eigenvalue weighted by atomic mass is 9.96. The van der Waals surface area contributed by atoms with Crippen molar-refractivity contribution in [3.8, 4) is 0 Å². The summed E-state index contributed by atoms with van der Waals surface area (Å²) in [4.78, 5) is 89.0. The van der Waals surface area contributed by atoms with Gasteiger partial charge in [-0.25, -0.2) is 0 Å². The number of nitrogens with zero attached hydrogens (tertiary/aromatic N) is 1. The number of ketones is 1. The minimum absolute atomic E-state index is 0.0807. The molecule has 4 atom stereocenters. The van der Waals surface area contributed by atoms with Crippen LogP contribution < -0.4 is 48.5 Å². The number of Topliss-reactive ketones (excluding diaryl/α,β-unsaturated/α-hetero) is 1. The van der Waals surface area contributed by atoms with Gasteiger partial charge in [-0.3, -0.25) is 39.4 Å². The van der Waals surface area contributed by atoms with Crippen LogP contribution in [-0.4, -0.2) is 132 Å². The van der Waals surface area contributed by atoms with Gasteiger partial charge in [-0.2, -0.15) is 0 Å². The van der Waals surface area contributed by atoms with E-state index in [9.17, 15) is 54.0 Å². The molecule has 0 aromatic heterocycles.